The number of thiophene rings is 1. The van der Waals surface area contributed by atoms with E-state index in [1.165, 1.54) is 6.07 Å². The van der Waals surface area contributed by atoms with Crippen LogP contribution in [-0.4, -0.2) is 77.0 Å². The third kappa shape index (κ3) is 7.32. The molecule has 1 aromatic carbocycles. The summed E-state index contributed by atoms with van der Waals surface area (Å²) in [5.41, 5.74) is 1.88. The number of benzene rings is 1. The molecule has 3 N–H and O–H groups in total. The van der Waals surface area contributed by atoms with E-state index in [2.05, 4.69) is 15.4 Å². The van der Waals surface area contributed by atoms with Gasteiger partial charge in [0.2, 0.25) is 17.7 Å². The van der Waals surface area contributed by atoms with Gasteiger partial charge in [0.1, 0.15) is 4.21 Å². The summed E-state index contributed by atoms with van der Waals surface area (Å²) in [6.45, 7) is 0.235. The molecule has 40 heavy (non-hydrogen) atoms. The largest absolute Gasteiger partial charge is 0.493 e. The third-order valence-corrected chi connectivity index (χ3v) is 10.0. The second kappa shape index (κ2) is 13.5. The van der Waals surface area contributed by atoms with Gasteiger partial charge < -0.3 is 25.0 Å². The van der Waals surface area contributed by atoms with E-state index in [1.807, 2.05) is 12.1 Å². The minimum Gasteiger partial charge on any atom is -0.493 e. The monoisotopic (exact) mass is 592 g/mol. The fourth-order valence-corrected chi connectivity index (χ4v) is 7.32. The second-order valence-corrected chi connectivity index (χ2v) is 12.8. The number of nitrogens with zero attached hydrogens (tertiary/aromatic N) is 1. The lowest BCUT2D eigenvalue weighted by Crippen LogP contribution is -2.50. The highest BCUT2D eigenvalue weighted by molar-refractivity contribution is 7.91. The quantitative estimate of drug-likeness (QED) is 0.463. The predicted octanol–water partition coefficient (Wildman–Crippen LogP) is 1.60. The Hall–Kier alpha value is -3.16. The van der Waals surface area contributed by atoms with Crippen LogP contribution in [0, 0.1) is 0 Å². The smallest absolute Gasteiger partial charge is 0.250 e. The number of hydrogen-bond donors (Lipinski definition) is 3. The van der Waals surface area contributed by atoms with E-state index >= 15 is 0 Å². The van der Waals surface area contributed by atoms with Crippen molar-refractivity contribution >= 4 is 39.1 Å². The van der Waals surface area contributed by atoms with Crippen LogP contribution in [0.5, 0.6) is 11.5 Å². The van der Waals surface area contributed by atoms with Crippen LogP contribution in [0.15, 0.2) is 33.9 Å². The fraction of sp³-hybridized carbons (Fsp3) is 0.519. The third-order valence-electron chi connectivity index (χ3n) is 7.24. The Morgan fingerprint density at radius 1 is 1.07 bits per heavy atom. The van der Waals surface area contributed by atoms with E-state index in [9.17, 15) is 22.8 Å². The molecule has 2 atom stereocenters. The number of rotatable bonds is 6. The maximum Gasteiger partial charge on any atom is 0.250 e. The minimum atomic E-state index is -3.82. The molecule has 4 bridgehead atoms. The van der Waals surface area contributed by atoms with Gasteiger partial charge in [-0.3, -0.25) is 14.4 Å². The first-order valence-electron chi connectivity index (χ1n) is 13.3. The molecule has 2 aliphatic heterocycles. The van der Waals surface area contributed by atoms with Crippen LogP contribution in [-0.2, 0) is 37.2 Å². The molecule has 0 spiro atoms. The maximum absolute atomic E-state index is 13.3. The molecule has 0 radical (unpaired) electrons. The molecule has 13 heteroatoms. The van der Waals surface area contributed by atoms with Crippen LogP contribution in [0.3, 0.4) is 0 Å². The van der Waals surface area contributed by atoms with Gasteiger partial charge in [-0.05, 0) is 60.7 Å². The maximum atomic E-state index is 13.3. The van der Waals surface area contributed by atoms with Gasteiger partial charge in [0.25, 0.3) is 10.0 Å². The van der Waals surface area contributed by atoms with Crippen molar-refractivity contribution in [3.63, 3.8) is 0 Å². The standard InChI is InChI=1S/C27H36N4O7S2/c1-37-22-14-18-7-10-23(32)29-16-21-9-8-20(15-24(33)28-11-3-5-19(13-18)27(22)38-2)31(21)25(34)17-30-40(35,36)26-6-4-12-39-26/h4,6,12-14,20-21,30H,3,5,7-11,15-17H2,1-2H3,(H,28,33)(H,29,32)/t20-,21+/m0/s1. The van der Waals surface area contributed by atoms with Gasteiger partial charge in [-0.1, -0.05) is 12.1 Å². The van der Waals surface area contributed by atoms with Crippen LogP contribution in [0.1, 0.15) is 43.2 Å². The normalized spacial score (nSPS) is 20.8. The van der Waals surface area contributed by atoms with Gasteiger partial charge >= 0.3 is 0 Å². The molecule has 11 nitrogen and oxygen atoms in total. The molecule has 0 aliphatic carbocycles. The number of fused-ring (bicyclic) bond motifs is 4. The Balaban J connectivity index is 1.49. The van der Waals surface area contributed by atoms with Gasteiger partial charge in [0.15, 0.2) is 11.5 Å². The van der Waals surface area contributed by atoms with Crippen molar-refractivity contribution in [2.24, 2.45) is 0 Å². The van der Waals surface area contributed by atoms with E-state index < -0.39 is 28.5 Å². The zero-order valence-corrected chi connectivity index (χ0v) is 24.4. The van der Waals surface area contributed by atoms with Crippen molar-refractivity contribution in [3.05, 3.63) is 40.8 Å². The molecule has 1 fully saturated rings. The highest BCUT2D eigenvalue weighted by atomic mass is 32.2. The van der Waals surface area contributed by atoms with Crippen LogP contribution in [0.4, 0.5) is 0 Å². The highest BCUT2D eigenvalue weighted by Gasteiger charge is 2.38. The summed E-state index contributed by atoms with van der Waals surface area (Å²) in [7, 11) is -0.666. The van der Waals surface area contributed by atoms with Crippen molar-refractivity contribution in [3.8, 4) is 11.5 Å². The van der Waals surface area contributed by atoms with Crippen LogP contribution >= 0.6 is 11.3 Å². The number of ether oxygens (including phenoxy) is 2. The molecule has 1 saturated heterocycles. The number of hydrogen-bond acceptors (Lipinski definition) is 8. The molecule has 3 amide bonds. The molecule has 3 heterocycles. The fourth-order valence-electron chi connectivity index (χ4n) is 5.31. The van der Waals surface area contributed by atoms with Crippen LogP contribution < -0.4 is 24.8 Å². The van der Waals surface area contributed by atoms with E-state index in [1.54, 1.807) is 30.6 Å². The number of methoxy groups -OCH3 is 2. The molecule has 2 aromatic rings. The second-order valence-electron chi connectivity index (χ2n) is 9.89. The van der Waals surface area contributed by atoms with Gasteiger partial charge in [-0.25, -0.2) is 13.1 Å². The van der Waals surface area contributed by atoms with E-state index in [-0.39, 0.29) is 41.5 Å². The lowest BCUT2D eigenvalue weighted by atomic mass is 10.0. The molecule has 1 aromatic heterocycles. The summed E-state index contributed by atoms with van der Waals surface area (Å²) in [6.07, 6.45) is 3.33. The average Bonchev–Trinajstić information content (AvgIpc) is 3.62. The first-order chi connectivity index (χ1) is 19.2. The highest BCUT2D eigenvalue weighted by Crippen LogP contribution is 2.34. The Morgan fingerprint density at radius 3 is 2.60 bits per heavy atom. The van der Waals surface area contributed by atoms with Gasteiger partial charge in [0.05, 0.1) is 20.8 Å². The minimum absolute atomic E-state index is 0.0977. The summed E-state index contributed by atoms with van der Waals surface area (Å²) >= 11 is 1.06. The molecule has 0 saturated carbocycles. The predicted molar refractivity (Wildman–Crippen MR) is 150 cm³/mol. The van der Waals surface area contributed by atoms with Crippen molar-refractivity contribution in [2.45, 2.75) is 61.2 Å². The Bertz CT molecular complexity index is 1310. The number of amides is 3. The summed E-state index contributed by atoms with van der Waals surface area (Å²) in [4.78, 5) is 40.5. The Morgan fingerprint density at radius 2 is 1.88 bits per heavy atom. The van der Waals surface area contributed by atoms with Crippen molar-refractivity contribution in [1.82, 2.24) is 20.3 Å². The first kappa shape index (κ1) is 29.8. The Labute approximate surface area is 238 Å². The number of carbonyl (C=O) groups is 3. The summed E-state index contributed by atoms with van der Waals surface area (Å²) < 4.78 is 38.7. The van der Waals surface area contributed by atoms with Crippen LogP contribution in [0.25, 0.3) is 0 Å². The summed E-state index contributed by atoms with van der Waals surface area (Å²) in [5, 5.41) is 7.52. The molecule has 4 rings (SSSR count). The molecular formula is C27H36N4O7S2. The average molecular weight is 593 g/mol. The van der Waals surface area contributed by atoms with E-state index in [0.717, 1.165) is 22.5 Å². The lowest BCUT2D eigenvalue weighted by Gasteiger charge is -2.30. The lowest BCUT2D eigenvalue weighted by molar-refractivity contribution is -0.134. The van der Waals surface area contributed by atoms with E-state index in [0.29, 0.717) is 50.1 Å². The summed E-state index contributed by atoms with van der Waals surface area (Å²) in [6, 6.07) is 6.23. The van der Waals surface area contributed by atoms with Gasteiger partial charge in [-0.2, -0.15) is 0 Å². The molecule has 218 valence electrons. The van der Waals surface area contributed by atoms with Crippen molar-refractivity contribution in [1.29, 1.82) is 0 Å². The SMILES string of the molecule is COc1cc2cc(c1OC)CCCNC(=O)C[C@@H]1CC[C@H](CNC(=O)CC2)N1C(=O)CNS(=O)(=O)c1cccs1. The number of sulfonamides is 1. The van der Waals surface area contributed by atoms with Crippen molar-refractivity contribution in [2.75, 3.05) is 33.9 Å². The van der Waals surface area contributed by atoms with Gasteiger partial charge in [0, 0.05) is 38.0 Å². The molecular weight excluding hydrogens is 556 g/mol. The zero-order valence-electron chi connectivity index (χ0n) is 22.7. The zero-order chi connectivity index (χ0) is 28.7. The van der Waals surface area contributed by atoms with Crippen LogP contribution in [0.2, 0.25) is 0 Å². The Kier molecular flexibility index (Phi) is 10.0. The number of nitrogens with one attached hydrogen (secondary N) is 3. The summed E-state index contributed by atoms with van der Waals surface area (Å²) in [5.74, 6) is 0.462. The molecule has 2 aliphatic rings. The molecule has 0 unspecified atom stereocenters. The topological polar surface area (TPSA) is 143 Å². The number of carbonyl (C=O) groups excluding carboxylic acids is 3. The number of aryl methyl sites for hydroxylation is 2. The first-order valence-corrected chi connectivity index (χ1v) is 15.7. The van der Waals surface area contributed by atoms with Crippen molar-refractivity contribution < 1.29 is 32.3 Å². The van der Waals surface area contributed by atoms with Gasteiger partial charge in [-0.15, -0.1) is 11.3 Å². The van der Waals surface area contributed by atoms with E-state index in [4.69, 9.17) is 9.47 Å².